The summed E-state index contributed by atoms with van der Waals surface area (Å²) in [5, 5.41) is 10.2. The van der Waals surface area contributed by atoms with Crippen LogP contribution in [-0.2, 0) is 16.0 Å². The molecule has 1 saturated heterocycles. The van der Waals surface area contributed by atoms with E-state index in [1.165, 1.54) is 0 Å². The summed E-state index contributed by atoms with van der Waals surface area (Å²) in [7, 11) is 1.97. The normalized spacial score (nSPS) is 17.1. The summed E-state index contributed by atoms with van der Waals surface area (Å²) in [6, 6.07) is 10.1. The number of hydrogen-bond acceptors (Lipinski definition) is 5. The largest absolute Gasteiger partial charge is 0.389 e. The first-order valence-electron chi connectivity index (χ1n) is 8.86. The van der Waals surface area contributed by atoms with Gasteiger partial charge in [0.2, 0.25) is 0 Å². The molecule has 1 aliphatic heterocycles. The summed E-state index contributed by atoms with van der Waals surface area (Å²) in [5.74, 6) is 0.888. The first-order valence-corrected chi connectivity index (χ1v) is 8.86. The lowest BCUT2D eigenvalue weighted by atomic mass is 10.1. The topological polar surface area (TPSA) is 70.6 Å². The van der Waals surface area contributed by atoms with E-state index in [0.717, 1.165) is 43.1 Å². The Morgan fingerprint density at radius 3 is 2.84 bits per heavy atom. The zero-order chi connectivity index (χ0) is 17.5. The third-order valence-electron chi connectivity index (χ3n) is 4.35. The number of aliphatic hydroxyl groups excluding tert-OH is 1. The van der Waals surface area contributed by atoms with Gasteiger partial charge in [0.05, 0.1) is 37.3 Å². The molecular formula is C19H27N3O3. The van der Waals surface area contributed by atoms with E-state index in [9.17, 15) is 5.11 Å². The highest BCUT2D eigenvalue weighted by Crippen LogP contribution is 2.16. The second-order valence-electron chi connectivity index (χ2n) is 6.61. The first-order chi connectivity index (χ1) is 12.2. The van der Waals surface area contributed by atoms with Crippen LogP contribution in [0.4, 0.5) is 0 Å². The predicted molar refractivity (Wildman–Crippen MR) is 96.2 cm³/mol. The minimum Gasteiger partial charge on any atom is -0.389 e. The van der Waals surface area contributed by atoms with Gasteiger partial charge in [-0.1, -0.05) is 30.3 Å². The molecule has 0 radical (unpaired) electrons. The minimum absolute atomic E-state index is 0.215. The Morgan fingerprint density at radius 2 is 2.08 bits per heavy atom. The van der Waals surface area contributed by atoms with Gasteiger partial charge in [0, 0.05) is 19.8 Å². The summed E-state index contributed by atoms with van der Waals surface area (Å²) in [5.41, 5.74) is 2.13. The van der Waals surface area contributed by atoms with E-state index >= 15 is 0 Å². The van der Waals surface area contributed by atoms with Gasteiger partial charge >= 0.3 is 0 Å². The molecule has 3 rings (SSSR count). The molecule has 0 amide bonds. The van der Waals surface area contributed by atoms with Crippen molar-refractivity contribution in [3.8, 4) is 11.3 Å². The number of likely N-dealkylation sites (N-methyl/N-ethyl adjacent to an activating group) is 1. The zero-order valence-electron chi connectivity index (χ0n) is 14.7. The average molecular weight is 345 g/mol. The predicted octanol–water partition coefficient (Wildman–Crippen LogP) is 2.06. The van der Waals surface area contributed by atoms with Crippen LogP contribution in [0.3, 0.4) is 0 Å². The Morgan fingerprint density at radius 1 is 1.32 bits per heavy atom. The summed E-state index contributed by atoms with van der Waals surface area (Å²) < 4.78 is 11.1. The van der Waals surface area contributed by atoms with Crippen molar-refractivity contribution in [1.82, 2.24) is 14.9 Å². The third-order valence-corrected chi connectivity index (χ3v) is 4.35. The van der Waals surface area contributed by atoms with E-state index in [1.807, 2.05) is 36.3 Å². The van der Waals surface area contributed by atoms with Crippen molar-refractivity contribution in [3.63, 3.8) is 0 Å². The molecule has 1 aromatic heterocycles. The van der Waals surface area contributed by atoms with Crippen LogP contribution < -0.4 is 0 Å². The van der Waals surface area contributed by atoms with Crippen molar-refractivity contribution in [2.24, 2.45) is 0 Å². The van der Waals surface area contributed by atoms with Crippen molar-refractivity contribution >= 4 is 0 Å². The number of nitrogens with zero attached hydrogens (tertiary/aromatic N) is 2. The molecule has 6 nitrogen and oxygen atoms in total. The molecule has 0 aliphatic carbocycles. The number of ether oxygens (including phenoxy) is 2. The number of rotatable bonds is 8. The standard InChI is InChI=1S/C19H27N3O3/c1-22(12-16(23)14-25-17-7-9-24-10-8-17)13-19-20-11-18(21-19)15-5-3-2-4-6-15/h2-6,11,16-17,23H,7-10,12-14H2,1H3,(H,20,21). The van der Waals surface area contributed by atoms with Crippen LogP contribution >= 0.6 is 0 Å². The van der Waals surface area contributed by atoms with Gasteiger partial charge in [-0.2, -0.15) is 0 Å². The zero-order valence-corrected chi connectivity index (χ0v) is 14.7. The summed E-state index contributed by atoms with van der Waals surface area (Å²) in [6.07, 6.45) is 3.39. The van der Waals surface area contributed by atoms with Gasteiger partial charge in [-0.25, -0.2) is 4.98 Å². The van der Waals surface area contributed by atoms with E-state index in [4.69, 9.17) is 9.47 Å². The van der Waals surface area contributed by atoms with Gasteiger partial charge in [-0.05, 0) is 25.5 Å². The summed E-state index contributed by atoms with van der Waals surface area (Å²) in [4.78, 5) is 9.82. The van der Waals surface area contributed by atoms with E-state index in [1.54, 1.807) is 0 Å². The maximum atomic E-state index is 10.2. The smallest absolute Gasteiger partial charge is 0.120 e. The molecule has 0 saturated carbocycles. The van der Waals surface area contributed by atoms with Crippen LogP contribution in [-0.4, -0.2) is 65.6 Å². The number of nitrogens with one attached hydrogen (secondary N) is 1. The van der Waals surface area contributed by atoms with Crippen molar-refractivity contribution in [2.75, 3.05) is 33.4 Å². The summed E-state index contributed by atoms with van der Waals surface area (Å²) in [6.45, 7) is 3.07. The number of imidazole rings is 1. The fourth-order valence-electron chi connectivity index (χ4n) is 3.03. The maximum absolute atomic E-state index is 10.2. The SMILES string of the molecule is CN(Cc1ncc(-c2ccccc2)[nH]1)CC(O)COC1CCOCC1. The monoisotopic (exact) mass is 345 g/mol. The van der Waals surface area contributed by atoms with Crippen molar-refractivity contribution < 1.29 is 14.6 Å². The molecule has 2 N–H and O–H groups in total. The van der Waals surface area contributed by atoms with E-state index < -0.39 is 6.10 Å². The first kappa shape index (κ1) is 18.1. The maximum Gasteiger partial charge on any atom is 0.120 e. The highest BCUT2D eigenvalue weighted by Gasteiger charge is 2.17. The second-order valence-corrected chi connectivity index (χ2v) is 6.61. The molecule has 0 bridgehead atoms. The second kappa shape index (κ2) is 9.10. The average Bonchev–Trinajstić information content (AvgIpc) is 3.10. The third kappa shape index (κ3) is 5.64. The number of aromatic amines is 1. The van der Waals surface area contributed by atoms with Crippen molar-refractivity contribution in [3.05, 3.63) is 42.4 Å². The van der Waals surface area contributed by atoms with Crippen molar-refractivity contribution in [1.29, 1.82) is 0 Å². The van der Waals surface area contributed by atoms with E-state index in [0.29, 0.717) is 19.7 Å². The lowest BCUT2D eigenvalue weighted by molar-refractivity contribution is -0.0634. The molecule has 1 aromatic carbocycles. The number of aromatic nitrogens is 2. The fraction of sp³-hybridized carbons (Fsp3) is 0.526. The minimum atomic E-state index is -0.503. The Bertz CT molecular complexity index is 626. The lowest BCUT2D eigenvalue weighted by Crippen LogP contribution is -2.34. The molecule has 2 aromatic rings. The van der Waals surface area contributed by atoms with Crippen molar-refractivity contribution in [2.45, 2.75) is 31.6 Å². The molecule has 25 heavy (non-hydrogen) atoms. The molecule has 1 atom stereocenters. The number of aliphatic hydroxyl groups is 1. The van der Waals surface area contributed by atoms with Gasteiger partial charge < -0.3 is 19.6 Å². The molecule has 2 heterocycles. The van der Waals surface area contributed by atoms with Gasteiger partial charge in [0.25, 0.3) is 0 Å². The molecule has 6 heteroatoms. The Labute approximate surface area is 148 Å². The summed E-state index contributed by atoms with van der Waals surface area (Å²) >= 11 is 0. The van der Waals surface area contributed by atoms with Crippen LogP contribution in [0.25, 0.3) is 11.3 Å². The fourth-order valence-corrected chi connectivity index (χ4v) is 3.03. The van der Waals surface area contributed by atoms with Gasteiger partial charge in [-0.15, -0.1) is 0 Å². The highest BCUT2D eigenvalue weighted by molar-refractivity contribution is 5.57. The Balaban J connectivity index is 1.42. The molecule has 1 unspecified atom stereocenters. The van der Waals surface area contributed by atoms with Crippen LogP contribution in [0.2, 0.25) is 0 Å². The van der Waals surface area contributed by atoms with Crippen LogP contribution in [0.5, 0.6) is 0 Å². The van der Waals surface area contributed by atoms with E-state index in [-0.39, 0.29) is 6.10 Å². The molecule has 1 aliphatic rings. The number of hydrogen-bond donors (Lipinski definition) is 2. The number of H-pyrrole nitrogens is 1. The highest BCUT2D eigenvalue weighted by atomic mass is 16.5. The molecule has 0 spiro atoms. The lowest BCUT2D eigenvalue weighted by Gasteiger charge is -2.25. The van der Waals surface area contributed by atoms with Crippen LogP contribution in [0, 0.1) is 0 Å². The molecule has 1 fully saturated rings. The van der Waals surface area contributed by atoms with Gasteiger partial charge in [0.15, 0.2) is 0 Å². The molecule has 136 valence electrons. The molecular weight excluding hydrogens is 318 g/mol. The van der Waals surface area contributed by atoms with Gasteiger partial charge in [0.1, 0.15) is 5.82 Å². The Hall–Kier alpha value is -1.73. The van der Waals surface area contributed by atoms with Crippen LogP contribution in [0.15, 0.2) is 36.5 Å². The van der Waals surface area contributed by atoms with Gasteiger partial charge in [-0.3, -0.25) is 4.90 Å². The number of benzene rings is 1. The Kier molecular flexibility index (Phi) is 6.58. The quantitative estimate of drug-likeness (QED) is 0.766. The van der Waals surface area contributed by atoms with Crippen LogP contribution in [0.1, 0.15) is 18.7 Å². The van der Waals surface area contributed by atoms with E-state index in [2.05, 4.69) is 22.1 Å².